The first-order valence-corrected chi connectivity index (χ1v) is 27.6. The van der Waals surface area contributed by atoms with Crippen molar-refractivity contribution in [2.24, 2.45) is 0 Å². The molecule has 6 nitrogen and oxygen atoms in total. The summed E-state index contributed by atoms with van der Waals surface area (Å²) >= 11 is 0. The number of carbonyl (C=O) groups is 3. The van der Waals surface area contributed by atoms with Crippen LogP contribution in [0, 0.1) is 0 Å². The van der Waals surface area contributed by atoms with Gasteiger partial charge in [0.25, 0.3) is 0 Å². The van der Waals surface area contributed by atoms with Gasteiger partial charge in [-0.25, -0.2) is 0 Å². The van der Waals surface area contributed by atoms with E-state index in [1.165, 1.54) is 38.5 Å². The van der Waals surface area contributed by atoms with E-state index in [2.05, 4.69) is 106 Å². The van der Waals surface area contributed by atoms with Crippen molar-refractivity contribution in [2.75, 3.05) is 13.2 Å². The molecule has 390 valence electrons. The zero-order chi connectivity index (χ0) is 50.7. The predicted octanol–water partition coefficient (Wildman–Crippen LogP) is 18.6. The lowest BCUT2D eigenvalue weighted by molar-refractivity contribution is -0.167. The average molecular weight is 963 g/mol. The van der Waals surface area contributed by atoms with Gasteiger partial charge in [0.15, 0.2) is 6.10 Å². The van der Waals surface area contributed by atoms with Crippen molar-refractivity contribution in [3.05, 3.63) is 158 Å². The summed E-state index contributed by atoms with van der Waals surface area (Å²) in [6, 6.07) is 0. The highest BCUT2D eigenvalue weighted by Crippen LogP contribution is 2.13. The minimum absolute atomic E-state index is 0.111. The van der Waals surface area contributed by atoms with Gasteiger partial charge in [0.05, 0.1) is 0 Å². The third kappa shape index (κ3) is 54.0. The molecule has 0 heterocycles. The first kappa shape index (κ1) is 65.0. The monoisotopic (exact) mass is 963 g/mol. The van der Waals surface area contributed by atoms with Crippen LogP contribution >= 0.6 is 0 Å². The Morgan fingerprint density at radius 1 is 0.300 bits per heavy atom. The van der Waals surface area contributed by atoms with E-state index in [0.717, 1.165) is 128 Å². The van der Waals surface area contributed by atoms with Gasteiger partial charge in [-0.1, -0.05) is 243 Å². The summed E-state index contributed by atoms with van der Waals surface area (Å²) in [5.74, 6) is -0.989. The maximum atomic E-state index is 12.9. The lowest BCUT2D eigenvalue weighted by Crippen LogP contribution is -2.30. The molecular weight excluding hydrogens is 865 g/mol. The smallest absolute Gasteiger partial charge is 0.306 e. The van der Waals surface area contributed by atoms with Gasteiger partial charge in [0.2, 0.25) is 0 Å². The molecule has 0 N–H and O–H groups in total. The second kappa shape index (κ2) is 56.6. The van der Waals surface area contributed by atoms with Gasteiger partial charge in [0, 0.05) is 19.3 Å². The Kier molecular flexibility index (Phi) is 52.6. The molecule has 0 aromatic heterocycles. The van der Waals surface area contributed by atoms with Crippen molar-refractivity contribution in [1.82, 2.24) is 0 Å². The second-order valence-corrected chi connectivity index (χ2v) is 17.5. The quantitative estimate of drug-likeness (QED) is 0.0199. The summed E-state index contributed by atoms with van der Waals surface area (Å²) < 4.78 is 16.8. The number of unbranched alkanes of at least 4 members (excludes halogenated alkanes) is 16. The highest BCUT2D eigenvalue weighted by molar-refractivity contribution is 5.71. The number of esters is 3. The predicted molar refractivity (Wildman–Crippen MR) is 302 cm³/mol. The Balaban J connectivity index is 4.56. The Morgan fingerprint density at radius 2 is 0.586 bits per heavy atom. The first-order chi connectivity index (χ1) is 34.5. The van der Waals surface area contributed by atoms with Gasteiger partial charge in [-0.05, 0) is 103 Å². The molecule has 1 atom stereocenters. The maximum Gasteiger partial charge on any atom is 0.306 e. The molecule has 0 aliphatic carbocycles. The second-order valence-electron chi connectivity index (χ2n) is 17.5. The van der Waals surface area contributed by atoms with E-state index < -0.39 is 6.10 Å². The number of allylic oxidation sites excluding steroid dienone is 26. The van der Waals surface area contributed by atoms with Gasteiger partial charge in [-0.15, -0.1) is 0 Å². The molecule has 0 saturated carbocycles. The number of hydrogen-bond acceptors (Lipinski definition) is 6. The molecule has 0 fully saturated rings. The zero-order valence-electron chi connectivity index (χ0n) is 44.5. The third-order valence-corrected chi connectivity index (χ3v) is 11.0. The normalized spacial score (nSPS) is 13.4. The lowest BCUT2D eigenvalue weighted by Gasteiger charge is -2.18. The number of ether oxygens (including phenoxy) is 3. The first-order valence-electron chi connectivity index (χ1n) is 27.6. The van der Waals surface area contributed by atoms with Crippen LogP contribution < -0.4 is 0 Å². The van der Waals surface area contributed by atoms with Gasteiger partial charge in [-0.3, -0.25) is 14.4 Å². The third-order valence-electron chi connectivity index (χ3n) is 11.0. The fraction of sp³-hybridized carbons (Fsp3) is 0.547. The average Bonchev–Trinajstić information content (AvgIpc) is 3.36. The summed E-state index contributed by atoms with van der Waals surface area (Å²) in [5.41, 5.74) is 0. The van der Waals surface area contributed by atoms with E-state index in [9.17, 15) is 14.4 Å². The molecule has 0 rings (SSSR count). The molecule has 0 aliphatic rings. The van der Waals surface area contributed by atoms with Gasteiger partial charge < -0.3 is 14.2 Å². The largest absolute Gasteiger partial charge is 0.462 e. The highest BCUT2D eigenvalue weighted by Gasteiger charge is 2.19. The topological polar surface area (TPSA) is 78.9 Å². The molecule has 0 saturated heterocycles. The van der Waals surface area contributed by atoms with E-state index in [1.54, 1.807) is 0 Å². The summed E-state index contributed by atoms with van der Waals surface area (Å²) in [5, 5.41) is 0. The fourth-order valence-electron chi connectivity index (χ4n) is 6.92. The summed E-state index contributed by atoms with van der Waals surface area (Å²) in [4.78, 5) is 38.1. The molecule has 0 aromatic rings. The van der Waals surface area contributed by atoms with E-state index in [-0.39, 0.29) is 31.1 Å². The highest BCUT2D eigenvalue weighted by atomic mass is 16.6. The van der Waals surface area contributed by atoms with Gasteiger partial charge >= 0.3 is 17.9 Å². The summed E-state index contributed by atoms with van der Waals surface area (Å²) in [6.07, 6.45) is 82.2. The summed E-state index contributed by atoms with van der Waals surface area (Å²) in [6.45, 7) is 6.20. The van der Waals surface area contributed by atoms with Crippen LogP contribution in [0.1, 0.15) is 207 Å². The molecule has 0 aliphatic heterocycles. The maximum absolute atomic E-state index is 12.9. The van der Waals surface area contributed by atoms with Crippen molar-refractivity contribution in [1.29, 1.82) is 0 Å². The Hall–Kier alpha value is -4.97. The van der Waals surface area contributed by atoms with Gasteiger partial charge in [0.1, 0.15) is 13.2 Å². The Labute approximate surface area is 429 Å². The SMILES string of the molecule is CC\C=C/C=C\C=C/C=C\C=C\C=C/C=C\CCCCCC(=O)OCC(COC(=O)CCCCCCCCC/C=C\C/C=C\CC)OC(=O)CCCCCCCC/C=C\C/C=C\C/C=C\C/C=C\CC. The molecule has 6 heteroatoms. The van der Waals surface area contributed by atoms with Crippen LogP contribution in [-0.4, -0.2) is 37.2 Å². The zero-order valence-corrected chi connectivity index (χ0v) is 44.5. The van der Waals surface area contributed by atoms with Crippen molar-refractivity contribution in [2.45, 2.75) is 213 Å². The molecule has 0 radical (unpaired) electrons. The fourth-order valence-corrected chi connectivity index (χ4v) is 6.92. The van der Waals surface area contributed by atoms with Crippen molar-refractivity contribution in [3.63, 3.8) is 0 Å². The number of carbonyl (C=O) groups excluding carboxylic acids is 3. The molecule has 0 amide bonds. The lowest BCUT2D eigenvalue weighted by atomic mass is 10.1. The van der Waals surface area contributed by atoms with E-state index >= 15 is 0 Å². The molecule has 1 unspecified atom stereocenters. The minimum Gasteiger partial charge on any atom is -0.462 e. The molecule has 0 bridgehead atoms. The summed E-state index contributed by atoms with van der Waals surface area (Å²) in [7, 11) is 0. The standard InChI is InChI=1S/C64H98O6/c1-4-7-10-13-16-19-22-25-28-30-32-34-36-39-42-45-48-51-54-57-63(66)69-60-61(59-68-62(65)56-53-50-47-44-41-38-27-24-21-18-15-12-9-6-3)70-64(67)58-55-52-49-46-43-40-37-35-33-31-29-26-23-20-17-14-11-8-5-2/h7-13,16-22,25-26,28-30,32-36,39,42,61H,4-6,14-15,23-24,27,31,37-38,40-41,43-60H2,1-3H3/b10-7-,11-8-,12-9-,16-13-,20-17-,21-18-,22-19-,28-25-,29-26-,32-30+,35-33-,36-34-,42-39-. The van der Waals surface area contributed by atoms with E-state index in [4.69, 9.17) is 14.2 Å². The Bertz CT molecular complexity index is 1620. The van der Waals surface area contributed by atoms with Crippen molar-refractivity contribution in [3.8, 4) is 0 Å². The van der Waals surface area contributed by atoms with Gasteiger partial charge in [-0.2, -0.15) is 0 Å². The molecular formula is C64H98O6. The Morgan fingerprint density at radius 3 is 0.986 bits per heavy atom. The molecule has 0 aromatic carbocycles. The minimum atomic E-state index is -0.817. The number of rotatable bonds is 47. The van der Waals surface area contributed by atoms with E-state index in [1.807, 2.05) is 72.9 Å². The van der Waals surface area contributed by atoms with Crippen LogP contribution in [0.15, 0.2) is 158 Å². The van der Waals surface area contributed by atoms with Crippen molar-refractivity contribution >= 4 is 17.9 Å². The van der Waals surface area contributed by atoms with Crippen LogP contribution in [0.3, 0.4) is 0 Å². The number of hydrogen-bond donors (Lipinski definition) is 0. The molecule has 0 spiro atoms. The van der Waals surface area contributed by atoms with Crippen LogP contribution in [-0.2, 0) is 28.6 Å². The van der Waals surface area contributed by atoms with E-state index in [0.29, 0.717) is 19.3 Å². The van der Waals surface area contributed by atoms with Crippen molar-refractivity contribution < 1.29 is 28.6 Å². The van der Waals surface area contributed by atoms with Crippen LogP contribution in [0.2, 0.25) is 0 Å². The van der Waals surface area contributed by atoms with Crippen LogP contribution in [0.4, 0.5) is 0 Å². The van der Waals surface area contributed by atoms with Crippen LogP contribution in [0.5, 0.6) is 0 Å². The van der Waals surface area contributed by atoms with Crippen LogP contribution in [0.25, 0.3) is 0 Å². The molecule has 70 heavy (non-hydrogen) atoms.